The molecule has 2 N–H and O–H groups in total. The maximum atomic E-state index is 12.7. The second kappa shape index (κ2) is 13.7. The molecule has 10 nitrogen and oxygen atoms in total. The molecule has 4 rings (SSSR count). The number of anilines is 1. The van der Waals surface area contributed by atoms with Gasteiger partial charge in [0, 0.05) is 24.0 Å². The lowest BCUT2D eigenvalue weighted by atomic mass is 10.1. The number of amides is 2. The first kappa shape index (κ1) is 29.4. The zero-order chi connectivity index (χ0) is 28.6. The van der Waals surface area contributed by atoms with Gasteiger partial charge < -0.3 is 20.3 Å². The summed E-state index contributed by atoms with van der Waals surface area (Å²) >= 11 is 7.91. The van der Waals surface area contributed by atoms with Crippen LogP contribution in [0.3, 0.4) is 0 Å². The fourth-order valence-electron chi connectivity index (χ4n) is 4.08. The van der Waals surface area contributed by atoms with Crippen molar-refractivity contribution < 1.29 is 14.3 Å². The van der Waals surface area contributed by atoms with Gasteiger partial charge in [-0.25, -0.2) is 18.8 Å². The summed E-state index contributed by atoms with van der Waals surface area (Å²) in [6.45, 7) is 6.42. The molecular weight excluding hydrogens is 550 g/mol. The van der Waals surface area contributed by atoms with Gasteiger partial charge in [0.25, 0.3) is 5.91 Å². The van der Waals surface area contributed by atoms with Crippen molar-refractivity contribution in [2.45, 2.75) is 39.7 Å². The number of carbonyl (C=O) groups is 2. The summed E-state index contributed by atoms with van der Waals surface area (Å²) in [5, 5.41) is 13.1. The number of nitrogens with one attached hydrogen (secondary N) is 2. The Balaban J connectivity index is 1.55. The van der Waals surface area contributed by atoms with Gasteiger partial charge in [0.15, 0.2) is 11.5 Å². The van der Waals surface area contributed by atoms with Crippen molar-refractivity contribution in [3.63, 3.8) is 0 Å². The smallest absolute Gasteiger partial charge is 0.410 e. The van der Waals surface area contributed by atoms with Crippen LogP contribution >= 0.6 is 23.1 Å². The molecule has 0 aliphatic rings. The summed E-state index contributed by atoms with van der Waals surface area (Å²) in [5.74, 6) is 1.08. The van der Waals surface area contributed by atoms with Crippen molar-refractivity contribution in [3.8, 4) is 17.0 Å². The Morgan fingerprint density at radius 3 is 2.62 bits per heavy atom. The Labute approximate surface area is 242 Å². The normalized spacial score (nSPS) is 11.4. The number of nitrogens with zero attached hydrogens (tertiary/aromatic N) is 5. The summed E-state index contributed by atoms with van der Waals surface area (Å²) < 4.78 is 11.2. The zero-order valence-electron chi connectivity index (χ0n) is 23.1. The maximum absolute atomic E-state index is 12.7. The SMILES string of the molecule is CC(C)CCCn1nc(NC(=O)c2cnsc2)c2cc(Cl)c(-c3ccc(OC(=O)NCCCN(C)C)cc3)nc21. The molecule has 1 aromatic carbocycles. The van der Waals surface area contributed by atoms with E-state index in [2.05, 4.69) is 38.9 Å². The zero-order valence-corrected chi connectivity index (χ0v) is 24.7. The highest BCUT2D eigenvalue weighted by Gasteiger charge is 2.19. The molecule has 212 valence electrons. The first-order valence-electron chi connectivity index (χ1n) is 13.2. The Bertz CT molecular complexity index is 1440. The average molecular weight is 584 g/mol. The highest BCUT2D eigenvalue weighted by Crippen LogP contribution is 2.33. The van der Waals surface area contributed by atoms with Crippen LogP contribution in [0, 0.1) is 5.92 Å². The second-order valence-electron chi connectivity index (χ2n) is 10.2. The van der Waals surface area contributed by atoms with Crippen LogP contribution in [0.4, 0.5) is 10.6 Å². The fraction of sp³-hybridized carbons (Fsp3) is 0.393. The lowest BCUT2D eigenvalue weighted by Gasteiger charge is -2.11. The average Bonchev–Trinajstić information content (AvgIpc) is 3.56. The molecule has 0 unspecified atom stereocenters. The maximum Gasteiger partial charge on any atom is 0.412 e. The van der Waals surface area contributed by atoms with Gasteiger partial charge >= 0.3 is 6.09 Å². The molecule has 40 heavy (non-hydrogen) atoms. The van der Waals surface area contributed by atoms with Crippen molar-refractivity contribution in [1.82, 2.24) is 29.4 Å². The van der Waals surface area contributed by atoms with E-state index < -0.39 is 6.09 Å². The number of pyridine rings is 1. The summed E-state index contributed by atoms with van der Waals surface area (Å²) in [6.07, 6.45) is 3.81. The van der Waals surface area contributed by atoms with Crippen molar-refractivity contribution in [3.05, 3.63) is 52.5 Å². The number of rotatable bonds is 12. The molecule has 0 aliphatic carbocycles. The molecule has 0 atom stereocenters. The molecule has 0 saturated heterocycles. The van der Waals surface area contributed by atoms with Crippen LogP contribution in [0.15, 0.2) is 41.9 Å². The van der Waals surface area contributed by atoms with Gasteiger partial charge in [0.2, 0.25) is 0 Å². The minimum atomic E-state index is -0.498. The van der Waals surface area contributed by atoms with Gasteiger partial charge in [0.1, 0.15) is 5.75 Å². The standard InChI is InChI=1S/C28H34ClN7O3S/c1-18(2)7-5-14-36-26-22(25(34-36)33-27(37)20-16-31-40-17-20)15-23(29)24(32-26)19-8-10-21(11-9-19)39-28(38)30-12-6-13-35(3)4/h8-11,15-18H,5-7,12-14H2,1-4H3,(H,30,38)(H,33,34,37). The van der Waals surface area contributed by atoms with E-state index in [0.717, 1.165) is 31.4 Å². The molecule has 4 aromatic rings. The highest BCUT2D eigenvalue weighted by atomic mass is 35.5. The van der Waals surface area contributed by atoms with Crippen LogP contribution in [-0.2, 0) is 6.54 Å². The Kier molecular flexibility index (Phi) is 10.1. The first-order valence-corrected chi connectivity index (χ1v) is 14.4. The number of aryl methyl sites for hydroxylation is 1. The Morgan fingerprint density at radius 1 is 1.18 bits per heavy atom. The van der Waals surface area contributed by atoms with Crippen LogP contribution in [0.1, 0.15) is 43.5 Å². The summed E-state index contributed by atoms with van der Waals surface area (Å²) in [6, 6.07) is 8.80. The predicted octanol–water partition coefficient (Wildman–Crippen LogP) is 5.94. The molecule has 0 radical (unpaired) electrons. The Morgan fingerprint density at radius 2 is 1.95 bits per heavy atom. The minimum absolute atomic E-state index is 0.292. The molecule has 3 heterocycles. The van der Waals surface area contributed by atoms with Crippen LogP contribution in [0.25, 0.3) is 22.3 Å². The van der Waals surface area contributed by atoms with E-state index >= 15 is 0 Å². The second-order valence-corrected chi connectivity index (χ2v) is 11.2. The van der Waals surface area contributed by atoms with E-state index in [1.165, 1.54) is 17.7 Å². The molecule has 12 heteroatoms. The quantitative estimate of drug-likeness (QED) is 0.198. The molecule has 0 saturated carbocycles. The van der Waals surface area contributed by atoms with Gasteiger partial charge in [-0.3, -0.25) is 4.79 Å². The van der Waals surface area contributed by atoms with Crippen LogP contribution in [0.2, 0.25) is 5.02 Å². The molecule has 0 bridgehead atoms. The number of aromatic nitrogens is 4. The summed E-state index contributed by atoms with van der Waals surface area (Å²) in [5.41, 5.74) is 2.42. The van der Waals surface area contributed by atoms with Crippen molar-refractivity contribution >= 4 is 52.0 Å². The largest absolute Gasteiger partial charge is 0.412 e. The number of hydrogen-bond donors (Lipinski definition) is 2. The summed E-state index contributed by atoms with van der Waals surface area (Å²) in [4.78, 5) is 31.8. The lowest BCUT2D eigenvalue weighted by molar-refractivity contribution is 0.102. The first-order chi connectivity index (χ1) is 19.2. The minimum Gasteiger partial charge on any atom is -0.410 e. The number of fused-ring (bicyclic) bond motifs is 1. The topological polar surface area (TPSA) is 114 Å². The molecule has 0 spiro atoms. The molecule has 0 fully saturated rings. The summed E-state index contributed by atoms with van der Waals surface area (Å²) in [7, 11) is 3.97. The lowest BCUT2D eigenvalue weighted by Crippen LogP contribution is -2.29. The van der Waals surface area contributed by atoms with E-state index in [1.807, 2.05) is 18.8 Å². The third-order valence-corrected chi connectivity index (χ3v) is 7.02. The van der Waals surface area contributed by atoms with Crippen LogP contribution in [-0.4, -0.2) is 63.2 Å². The monoisotopic (exact) mass is 583 g/mol. The molecule has 0 aliphatic heterocycles. The molecule has 2 amide bonds. The van der Waals surface area contributed by atoms with Gasteiger partial charge in [0.05, 0.1) is 27.9 Å². The van der Waals surface area contributed by atoms with Crippen molar-refractivity contribution in [1.29, 1.82) is 0 Å². The van der Waals surface area contributed by atoms with Gasteiger partial charge in [-0.1, -0.05) is 25.4 Å². The van der Waals surface area contributed by atoms with Crippen LogP contribution in [0.5, 0.6) is 5.75 Å². The van der Waals surface area contributed by atoms with E-state index in [9.17, 15) is 9.59 Å². The Hall–Kier alpha value is -3.54. The predicted molar refractivity (Wildman–Crippen MR) is 159 cm³/mol. The van der Waals surface area contributed by atoms with E-state index in [-0.39, 0.29) is 5.91 Å². The highest BCUT2D eigenvalue weighted by molar-refractivity contribution is 7.03. The molecule has 3 aromatic heterocycles. The van der Waals surface area contributed by atoms with Crippen molar-refractivity contribution in [2.24, 2.45) is 5.92 Å². The van der Waals surface area contributed by atoms with Gasteiger partial charge in [-0.05, 0) is 87.7 Å². The van der Waals surface area contributed by atoms with E-state index in [4.69, 9.17) is 21.3 Å². The van der Waals surface area contributed by atoms with Gasteiger partial charge in [-0.2, -0.15) is 5.10 Å². The van der Waals surface area contributed by atoms with Crippen molar-refractivity contribution in [2.75, 3.05) is 32.5 Å². The number of halogens is 1. The van der Waals surface area contributed by atoms with E-state index in [1.54, 1.807) is 35.7 Å². The van der Waals surface area contributed by atoms with Gasteiger partial charge in [-0.15, -0.1) is 0 Å². The third kappa shape index (κ3) is 7.77. The number of ether oxygens (including phenoxy) is 1. The number of hydrogen-bond acceptors (Lipinski definition) is 8. The number of benzene rings is 1. The van der Waals surface area contributed by atoms with Crippen LogP contribution < -0.4 is 15.4 Å². The number of carbonyl (C=O) groups excluding carboxylic acids is 2. The third-order valence-electron chi connectivity index (χ3n) is 6.14. The fourth-order valence-corrected chi connectivity index (χ4v) is 4.86. The molecular formula is C28H34ClN7O3S. The van der Waals surface area contributed by atoms with E-state index in [0.29, 0.717) is 57.9 Å².